The Hall–Kier alpha value is -1.56. The van der Waals surface area contributed by atoms with Gasteiger partial charge in [0.05, 0.1) is 17.8 Å². The lowest BCUT2D eigenvalue weighted by Crippen LogP contribution is -2.51. The van der Waals surface area contributed by atoms with E-state index in [0.717, 1.165) is 43.5 Å². The number of hydrogen-bond acceptors (Lipinski definition) is 3. The largest absolute Gasteiger partial charge is 0.391 e. The summed E-state index contributed by atoms with van der Waals surface area (Å²) < 4.78 is 1.87. The molecular formula is C16H28N4O2. The highest BCUT2D eigenvalue weighted by molar-refractivity contribution is 5.74. The topological polar surface area (TPSA) is 79.2 Å². The molecule has 22 heavy (non-hydrogen) atoms. The second-order valence-corrected chi connectivity index (χ2v) is 6.45. The fourth-order valence-corrected chi connectivity index (χ4v) is 3.18. The smallest absolute Gasteiger partial charge is 0.315 e. The van der Waals surface area contributed by atoms with Gasteiger partial charge in [0.1, 0.15) is 0 Å². The highest BCUT2D eigenvalue weighted by Gasteiger charge is 2.25. The van der Waals surface area contributed by atoms with Crippen LogP contribution in [0.5, 0.6) is 0 Å². The van der Waals surface area contributed by atoms with Crippen LogP contribution in [0, 0.1) is 13.8 Å². The van der Waals surface area contributed by atoms with Gasteiger partial charge in [-0.2, -0.15) is 5.10 Å². The summed E-state index contributed by atoms with van der Waals surface area (Å²) in [5, 5.41) is 20.2. The van der Waals surface area contributed by atoms with E-state index in [1.165, 1.54) is 5.56 Å². The summed E-state index contributed by atoms with van der Waals surface area (Å²) in [6.07, 6.45) is 4.06. The number of aromatic nitrogens is 2. The predicted molar refractivity (Wildman–Crippen MR) is 85.8 cm³/mol. The molecule has 1 saturated carbocycles. The molecule has 0 radical (unpaired) electrons. The van der Waals surface area contributed by atoms with Crippen LogP contribution < -0.4 is 10.6 Å². The molecule has 3 N–H and O–H groups in total. The van der Waals surface area contributed by atoms with Crippen LogP contribution in [-0.4, -0.2) is 39.1 Å². The number of amides is 2. The van der Waals surface area contributed by atoms with Crippen molar-refractivity contribution in [1.82, 2.24) is 20.4 Å². The lowest BCUT2D eigenvalue weighted by Gasteiger charge is -2.29. The number of carbonyl (C=O) groups excluding carboxylic acids is 1. The van der Waals surface area contributed by atoms with Crippen LogP contribution in [0.2, 0.25) is 0 Å². The van der Waals surface area contributed by atoms with Crippen molar-refractivity contribution in [2.75, 3.05) is 0 Å². The maximum atomic E-state index is 12.1. The average molecular weight is 308 g/mol. The van der Waals surface area contributed by atoms with Gasteiger partial charge < -0.3 is 15.7 Å². The van der Waals surface area contributed by atoms with Gasteiger partial charge in [0, 0.05) is 18.8 Å². The summed E-state index contributed by atoms with van der Waals surface area (Å²) in [4.78, 5) is 12.1. The Morgan fingerprint density at radius 1 is 1.41 bits per heavy atom. The third kappa shape index (κ3) is 4.00. The normalized spacial score (nSPS) is 23.1. The molecule has 1 aromatic rings. The third-order valence-corrected chi connectivity index (χ3v) is 4.59. The maximum Gasteiger partial charge on any atom is 0.315 e. The Kier molecular flexibility index (Phi) is 5.45. The molecule has 0 unspecified atom stereocenters. The van der Waals surface area contributed by atoms with E-state index in [2.05, 4.69) is 15.7 Å². The Balaban J connectivity index is 1.86. The first kappa shape index (κ1) is 16.8. The Morgan fingerprint density at radius 3 is 2.68 bits per heavy atom. The Morgan fingerprint density at radius 2 is 2.09 bits per heavy atom. The molecular weight excluding hydrogens is 280 g/mol. The second-order valence-electron chi connectivity index (χ2n) is 6.45. The molecule has 6 heteroatoms. The number of hydrogen-bond donors (Lipinski definition) is 3. The van der Waals surface area contributed by atoms with Crippen molar-refractivity contribution in [2.45, 2.75) is 71.1 Å². The number of nitrogens with zero attached hydrogens (tertiary/aromatic N) is 2. The fraction of sp³-hybridized carbons (Fsp3) is 0.750. The van der Waals surface area contributed by atoms with Gasteiger partial charge in [-0.05, 0) is 45.6 Å². The van der Waals surface area contributed by atoms with Crippen molar-refractivity contribution >= 4 is 6.03 Å². The zero-order valence-corrected chi connectivity index (χ0v) is 14.0. The highest BCUT2D eigenvalue weighted by Crippen LogP contribution is 2.18. The Labute approximate surface area is 132 Å². The van der Waals surface area contributed by atoms with E-state index in [1.807, 2.05) is 32.5 Å². The number of rotatable bonds is 4. The standard InChI is InChI=1S/C16H28N4O2/c1-10(9-13-11(2)19-20(4)12(13)3)17-16(22)18-14-7-5-6-8-15(14)21/h10,14-15,21H,5-9H2,1-4H3,(H2,17,18,22)/t10-,14+,15-/m0/s1. The van der Waals surface area contributed by atoms with Crippen LogP contribution in [0.15, 0.2) is 0 Å². The molecule has 6 nitrogen and oxygen atoms in total. The quantitative estimate of drug-likeness (QED) is 0.790. The van der Waals surface area contributed by atoms with Crippen molar-refractivity contribution in [3.8, 4) is 0 Å². The summed E-state index contributed by atoms with van der Waals surface area (Å²) in [7, 11) is 1.93. The molecule has 1 heterocycles. The maximum absolute atomic E-state index is 12.1. The van der Waals surface area contributed by atoms with Gasteiger partial charge in [-0.3, -0.25) is 4.68 Å². The highest BCUT2D eigenvalue weighted by atomic mass is 16.3. The average Bonchev–Trinajstić information content (AvgIpc) is 2.68. The van der Waals surface area contributed by atoms with E-state index in [1.54, 1.807) is 0 Å². The van der Waals surface area contributed by atoms with Gasteiger partial charge >= 0.3 is 6.03 Å². The molecule has 1 fully saturated rings. The number of nitrogens with one attached hydrogen (secondary N) is 2. The van der Waals surface area contributed by atoms with Crippen molar-refractivity contribution < 1.29 is 9.90 Å². The van der Waals surface area contributed by atoms with E-state index in [4.69, 9.17) is 0 Å². The van der Waals surface area contributed by atoms with Gasteiger partial charge in [0.2, 0.25) is 0 Å². The first-order valence-corrected chi connectivity index (χ1v) is 8.12. The van der Waals surface area contributed by atoms with Crippen LogP contribution in [0.3, 0.4) is 0 Å². The fourth-order valence-electron chi connectivity index (χ4n) is 3.18. The van der Waals surface area contributed by atoms with Gasteiger partial charge in [-0.25, -0.2) is 4.79 Å². The second kappa shape index (κ2) is 7.13. The molecule has 0 bridgehead atoms. The van der Waals surface area contributed by atoms with E-state index in [-0.39, 0.29) is 18.1 Å². The molecule has 1 aliphatic carbocycles. The summed E-state index contributed by atoms with van der Waals surface area (Å²) >= 11 is 0. The first-order valence-electron chi connectivity index (χ1n) is 8.12. The number of urea groups is 1. The van der Waals surface area contributed by atoms with Gasteiger partial charge in [-0.1, -0.05) is 12.8 Å². The number of aliphatic hydroxyl groups excluding tert-OH is 1. The molecule has 0 saturated heterocycles. The van der Waals surface area contributed by atoms with E-state index >= 15 is 0 Å². The van der Waals surface area contributed by atoms with Crippen molar-refractivity contribution in [1.29, 1.82) is 0 Å². The monoisotopic (exact) mass is 308 g/mol. The molecule has 2 amide bonds. The summed E-state index contributed by atoms with van der Waals surface area (Å²) in [6.45, 7) is 6.02. The van der Waals surface area contributed by atoms with Gasteiger partial charge in [-0.15, -0.1) is 0 Å². The molecule has 124 valence electrons. The van der Waals surface area contributed by atoms with Crippen LogP contribution >= 0.6 is 0 Å². The minimum Gasteiger partial charge on any atom is -0.391 e. The third-order valence-electron chi connectivity index (χ3n) is 4.59. The molecule has 1 aliphatic rings. The molecule has 0 aromatic carbocycles. The summed E-state index contributed by atoms with van der Waals surface area (Å²) in [5.74, 6) is 0. The predicted octanol–water partition coefficient (Wildman–Crippen LogP) is 1.57. The van der Waals surface area contributed by atoms with Crippen LogP contribution in [0.4, 0.5) is 4.79 Å². The van der Waals surface area contributed by atoms with E-state index in [0.29, 0.717) is 0 Å². The molecule has 1 aromatic heterocycles. The van der Waals surface area contributed by atoms with Crippen molar-refractivity contribution in [2.24, 2.45) is 7.05 Å². The van der Waals surface area contributed by atoms with E-state index in [9.17, 15) is 9.90 Å². The van der Waals surface area contributed by atoms with Crippen molar-refractivity contribution in [3.05, 3.63) is 17.0 Å². The van der Waals surface area contributed by atoms with Crippen molar-refractivity contribution in [3.63, 3.8) is 0 Å². The van der Waals surface area contributed by atoms with Crippen LogP contribution in [0.25, 0.3) is 0 Å². The summed E-state index contributed by atoms with van der Waals surface area (Å²) in [6, 6.07) is -0.303. The number of aryl methyl sites for hydroxylation is 2. The Bertz CT molecular complexity index is 526. The minimum absolute atomic E-state index is 0.0160. The number of carbonyl (C=O) groups is 1. The number of aliphatic hydroxyl groups is 1. The first-order chi connectivity index (χ1) is 10.4. The summed E-state index contributed by atoms with van der Waals surface area (Å²) in [5.41, 5.74) is 3.33. The zero-order valence-electron chi connectivity index (χ0n) is 14.0. The lowest BCUT2D eigenvalue weighted by atomic mass is 9.93. The SMILES string of the molecule is Cc1nn(C)c(C)c1C[C@H](C)NC(=O)N[C@@H]1CCCC[C@@H]1O. The molecule has 2 rings (SSSR count). The zero-order chi connectivity index (χ0) is 16.3. The minimum atomic E-state index is -0.419. The van der Waals surface area contributed by atoms with Gasteiger partial charge in [0.25, 0.3) is 0 Å². The molecule has 0 spiro atoms. The van der Waals surface area contributed by atoms with Gasteiger partial charge in [0.15, 0.2) is 0 Å². The molecule has 0 aliphatic heterocycles. The lowest BCUT2D eigenvalue weighted by molar-refractivity contribution is 0.0941. The van der Waals surface area contributed by atoms with E-state index < -0.39 is 6.10 Å². The van der Waals surface area contributed by atoms with Crippen LogP contribution in [0.1, 0.15) is 49.6 Å². The van der Waals surface area contributed by atoms with Crippen LogP contribution in [-0.2, 0) is 13.5 Å². The molecule has 3 atom stereocenters.